The zero-order valence-corrected chi connectivity index (χ0v) is 9.43. The van der Waals surface area contributed by atoms with Crippen LogP contribution in [0.15, 0.2) is 42.0 Å². The molecule has 90 valence electrons. The van der Waals surface area contributed by atoms with Gasteiger partial charge in [0.2, 0.25) is 23.1 Å². The Bertz CT molecular complexity index is 606. The Labute approximate surface area is 102 Å². The Balaban J connectivity index is 2.60. The number of ether oxygens (including phenoxy) is 2. The van der Waals surface area contributed by atoms with Crippen LogP contribution in [0.3, 0.4) is 0 Å². The van der Waals surface area contributed by atoms with Gasteiger partial charge in [0.25, 0.3) is 0 Å². The largest absolute Gasteiger partial charge is 0.489 e. The fraction of sp³-hybridized carbons (Fsp3) is 0.0769. The molecule has 2 rings (SSSR count). The molecule has 0 saturated carbocycles. The lowest BCUT2D eigenvalue weighted by Gasteiger charge is -2.17. The molecule has 18 heavy (non-hydrogen) atoms. The first kappa shape index (κ1) is 11.8. The fourth-order valence-corrected chi connectivity index (χ4v) is 1.71. The Kier molecular flexibility index (Phi) is 3.08. The van der Waals surface area contributed by atoms with Gasteiger partial charge in [0.05, 0.1) is 7.11 Å². The van der Waals surface area contributed by atoms with Crippen molar-refractivity contribution >= 4 is 17.5 Å². The van der Waals surface area contributed by atoms with Gasteiger partial charge in [0.15, 0.2) is 12.2 Å². The third kappa shape index (κ3) is 1.73. The predicted octanol–water partition coefficient (Wildman–Crippen LogP) is 1.29. The molecule has 1 aliphatic carbocycles. The van der Waals surface area contributed by atoms with Gasteiger partial charge < -0.3 is 9.47 Å². The molecular weight excluding hydrogens is 236 g/mol. The minimum Gasteiger partial charge on any atom is -0.489 e. The number of hydrogen-bond acceptors (Lipinski definition) is 5. The number of carbonyl (C=O) groups is 2. The van der Waals surface area contributed by atoms with Crippen molar-refractivity contribution in [2.75, 3.05) is 7.11 Å². The van der Waals surface area contributed by atoms with Gasteiger partial charge in [-0.25, -0.2) is 4.79 Å². The van der Waals surface area contributed by atoms with Crippen LogP contribution < -0.4 is 0 Å². The lowest BCUT2D eigenvalue weighted by atomic mass is 9.92. The van der Waals surface area contributed by atoms with Crippen molar-refractivity contribution in [3.8, 4) is 0 Å². The zero-order chi connectivity index (χ0) is 13.1. The molecule has 0 bridgehead atoms. The van der Waals surface area contributed by atoms with Crippen molar-refractivity contribution < 1.29 is 23.9 Å². The van der Waals surface area contributed by atoms with E-state index in [1.165, 1.54) is 25.2 Å². The Morgan fingerprint density at radius 1 is 1.06 bits per heavy atom. The van der Waals surface area contributed by atoms with Crippen molar-refractivity contribution in [1.29, 1.82) is 0 Å². The Hall–Kier alpha value is -2.65. The van der Waals surface area contributed by atoms with E-state index in [0.29, 0.717) is 6.26 Å². The van der Waals surface area contributed by atoms with Gasteiger partial charge in [-0.1, -0.05) is 24.3 Å². The summed E-state index contributed by atoms with van der Waals surface area (Å²) in [6, 6.07) is 6.32. The minimum absolute atomic E-state index is 0.217. The Morgan fingerprint density at radius 3 is 2.11 bits per heavy atom. The van der Waals surface area contributed by atoms with Gasteiger partial charge in [-0.2, -0.15) is 0 Å². The van der Waals surface area contributed by atoms with Crippen LogP contribution in [-0.2, 0) is 14.3 Å². The normalized spacial score (nSPS) is 13.8. The summed E-state index contributed by atoms with van der Waals surface area (Å²) in [5.74, 6) is -0.113. The molecule has 5 nitrogen and oxygen atoms in total. The maximum atomic E-state index is 12.1. The highest BCUT2D eigenvalue weighted by molar-refractivity contribution is 6.25. The van der Waals surface area contributed by atoms with Gasteiger partial charge >= 0.3 is 0 Å². The molecule has 0 spiro atoms. The molecule has 1 aliphatic rings. The second-order valence-corrected chi connectivity index (χ2v) is 3.42. The van der Waals surface area contributed by atoms with Crippen molar-refractivity contribution in [2.45, 2.75) is 0 Å². The first-order valence-corrected chi connectivity index (χ1v) is 5.03. The van der Waals surface area contributed by atoms with Crippen molar-refractivity contribution in [3.05, 3.63) is 53.2 Å². The summed E-state index contributed by atoms with van der Waals surface area (Å²) >= 11 is 0. The molecule has 0 fully saturated rings. The van der Waals surface area contributed by atoms with Crippen LogP contribution in [0.5, 0.6) is 0 Å². The van der Waals surface area contributed by atoms with Crippen molar-refractivity contribution in [1.82, 2.24) is 0 Å². The summed E-state index contributed by atoms with van der Waals surface area (Å²) in [5.41, 5.74) is 0.472. The van der Waals surface area contributed by atoms with Gasteiger partial charge in [-0.15, -0.1) is 0 Å². The van der Waals surface area contributed by atoms with Gasteiger partial charge in [-0.3, -0.25) is 9.59 Å². The maximum absolute atomic E-state index is 12.1. The monoisotopic (exact) mass is 244 g/mol. The summed E-state index contributed by atoms with van der Waals surface area (Å²) in [6.45, 7) is 0. The summed E-state index contributed by atoms with van der Waals surface area (Å²) in [5, 5.41) is 0. The van der Waals surface area contributed by atoms with E-state index >= 15 is 0 Å². The van der Waals surface area contributed by atoms with Crippen LogP contribution in [0.25, 0.3) is 0 Å². The molecule has 0 radical (unpaired) electrons. The second kappa shape index (κ2) is 4.69. The van der Waals surface area contributed by atoms with Crippen LogP contribution in [0.4, 0.5) is 0 Å². The number of methoxy groups -OCH3 is 1. The first-order valence-electron chi connectivity index (χ1n) is 5.03. The SMILES string of the molecule is COC1=C(OC=C=O)C(=O)c2ccccc2C1=O. The van der Waals surface area contributed by atoms with E-state index in [9.17, 15) is 14.4 Å². The highest BCUT2D eigenvalue weighted by Crippen LogP contribution is 2.27. The lowest BCUT2D eigenvalue weighted by Crippen LogP contribution is -2.23. The number of ketones is 2. The second-order valence-electron chi connectivity index (χ2n) is 3.42. The molecule has 5 heteroatoms. The number of hydrogen-bond donors (Lipinski definition) is 0. The highest BCUT2D eigenvalue weighted by Gasteiger charge is 2.34. The molecule has 0 aliphatic heterocycles. The molecule has 0 saturated heterocycles. The summed E-state index contributed by atoms with van der Waals surface area (Å²) < 4.78 is 9.69. The third-order valence-electron chi connectivity index (χ3n) is 2.46. The number of Topliss-reactive ketones (excluding diaryl/α,β-unsaturated/α-hetero) is 2. The molecule has 1 aromatic carbocycles. The van der Waals surface area contributed by atoms with E-state index < -0.39 is 11.6 Å². The molecule has 0 atom stereocenters. The minimum atomic E-state index is -0.506. The van der Waals surface area contributed by atoms with Crippen LogP contribution in [0.2, 0.25) is 0 Å². The molecule has 0 amide bonds. The number of allylic oxidation sites excluding steroid dienone is 2. The summed E-state index contributed by atoms with van der Waals surface area (Å²) in [4.78, 5) is 34.2. The summed E-state index contributed by atoms with van der Waals surface area (Å²) in [6.07, 6.45) is 0.660. The predicted molar refractivity (Wildman–Crippen MR) is 60.5 cm³/mol. The van der Waals surface area contributed by atoms with Gasteiger partial charge in [0, 0.05) is 11.1 Å². The van der Waals surface area contributed by atoms with Gasteiger partial charge in [0.1, 0.15) is 0 Å². The lowest BCUT2D eigenvalue weighted by molar-refractivity contribution is 0.0848. The van der Waals surface area contributed by atoms with Crippen molar-refractivity contribution in [2.24, 2.45) is 0 Å². The van der Waals surface area contributed by atoms with Crippen LogP contribution >= 0.6 is 0 Å². The smallest absolute Gasteiger partial charge is 0.233 e. The molecule has 1 aromatic rings. The zero-order valence-electron chi connectivity index (χ0n) is 9.43. The van der Waals surface area contributed by atoms with Crippen molar-refractivity contribution in [3.63, 3.8) is 0 Å². The number of rotatable bonds is 3. The molecular formula is C13H8O5. The first-order chi connectivity index (χ1) is 8.70. The van der Waals surface area contributed by atoms with Crippen LogP contribution in [0.1, 0.15) is 20.7 Å². The fourth-order valence-electron chi connectivity index (χ4n) is 1.71. The average Bonchev–Trinajstić information content (AvgIpc) is 2.41. The molecule has 0 N–H and O–H groups in total. The van der Waals surface area contributed by atoms with Gasteiger partial charge in [-0.05, 0) is 0 Å². The van der Waals surface area contributed by atoms with E-state index in [4.69, 9.17) is 9.47 Å². The molecule has 0 heterocycles. The van der Waals surface area contributed by atoms with E-state index in [1.807, 2.05) is 0 Å². The van der Waals surface area contributed by atoms with E-state index in [0.717, 1.165) is 0 Å². The quantitative estimate of drug-likeness (QED) is 0.591. The Morgan fingerprint density at radius 2 is 1.61 bits per heavy atom. The van der Waals surface area contributed by atoms with Crippen LogP contribution in [0, 0.1) is 0 Å². The molecule has 0 unspecified atom stereocenters. The number of carbonyl (C=O) groups excluding carboxylic acids is 3. The number of fused-ring (bicyclic) bond motifs is 1. The van der Waals surface area contributed by atoms with E-state index in [1.54, 1.807) is 12.1 Å². The van der Waals surface area contributed by atoms with E-state index in [-0.39, 0.29) is 22.6 Å². The summed E-state index contributed by atoms with van der Waals surface area (Å²) in [7, 11) is 1.25. The maximum Gasteiger partial charge on any atom is 0.233 e. The molecule has 0 aromatic heterocycles. The number of benzene rings is 1. The average molecular weight is 244 g/mol. The standard InChI is InChI=1S/C13H8O5/c1-17-12-10(15)8-4-2-3-5-9(8)11(16)13(12)18-7-6-14/h2-5,7H,1H3. The van der Waals surface area contributed by atoms with Crippen LogP contribution in [-0.4, -0.2) is 24.6 Å². The van der Waals surface area contributed by atoms with E-state index in [2.05, 4.69) is 0 Å². The third-order valence-corrected chi connectivity index (χ3v) is 2.46. The topological polar surface area (TPSA) is 69.7 Å². The highest BCUT2D eigenvalue weighted by atomic mass is 16.5.